The number of thiazole rings is 1. The highest BCUT2D eigenvalue weighted by molar-refractivity contribution is 9.11. The fourth-order valence-electron chi connectivity index (χ4n) is 1.50. The topological polar surface area (TPSA) is 39.2 Å². The number of hydrogen-bond donors (Lipinski definition) is 0. The molecule has 3 nitrogen and oxygen atoms in total. The van der Waals surface area contributed by atoms with Crippen LogP contribution in [0.4, 0.5) is 0 Å². The van der Waals surface area contributed by atoms with Crippen LogP contribution in [0.15, 0.2) is 34.1 Å². The van der Waals surface area contributed by atoms with Crippen molar-refractivity contribution in [2.75, 3.05) is 6.61 Å². The van der Waals surface area contributed by atoms with Crippen LogP contribution in [-0.2, 0) is 16.0 Å². The Hall–Kier alpha value is -1.20. The largest absolute Gasteiger partial charge is 0.466 e. The van der Waals surface area contributed by atoms with E-state index < -0.39 is 0 Å². The Labute approximate surface area is 118 Å². The number of aromatic nitrogens is 1. The van der Waals surface area contributed by atoms with Crippen molar-refractivity contribution in [2.45, 2.75) is 13.3 Å². The molecule has 0 spiro atoms. The lowest BCUT2D eigenvalue weighted by Gasteiger charge is -1.99. The molecule has 0 aliphatic rings. The molecule has 1 aromatic heterocycles. The summed E-state index contributed by atoms with van der Waals surface area (Å²) in [7, 11) is 0. The number of carbonyl (C=O) groups excluding carboxylic acids is 1. The highest BCUT2D eigenvalue weighted by Crippen LogP contribution is 2.32. The molecular formula is C13H12BrNO2S. The molecule has 1 aromatic carbocycles. The molecule has 0 fully saturated rings. The number of halogens is 1. The minimum absolute atomic E-state index is 0.206. The van der Waals surface area contributed by atoms with E-state index >= 15 is 0 Å². The molecule has 0 bridgehead atoms. The zero-order valence-electron chi connectivity index (χ0n) is 9.85. The molecule has 18 heavy (non-hydrogen) atoms. The number of carbonyl (C=O) groups is 1. The van der Waals surface area contributed by atoms with E-state index in [1.54, 1.807) is 6.92 Å². The van der Waals surface area contributed by atoms with Crippen LogP contribution in [0.5, 0.6) is 0 Å². The van der Waals surface area contributed by atoms with Gasteiger partial charge in [-0.15, -0.1) is 11.3 Å². The van der Waals surface area contributed by atoms with Crippen molar-refractivity contribution in [1.82, 2.24) is 4.98 Å². The number of nitrogens with zero attached hydrogens (tertiary/aromatic N) is 1. The first-order chi connectivity index (χ1) is 8.70. The van der Waals surface area contributed by atoms with Crippen LogP contribution in [0.25, 0.3) is 10.6 Å². The zero-order valence-corrected chi connectivity index (χ0v) is 12.3. The van der Waals surface area contributed by atoms with Crippen molar-refractivity contribution in [3.63, 3.8) is 0 Å². The van der Waals surface area contributed by atoms with E-state index in [1.165, 1.54) is 11.3 Å². The summed E-state index contributed by atoms with van der Waals surface area (Å²) < 4.78 is 5.80. The van der Waals surface area contributed by atoms with Crippen LogP contribution in [0, 0.1) is 0 Å². The number of esters is 1. The number of ether oxygens (including phenoxy) is 1. The fraction of sp³-hybridized carbons (Fsp3) is 0.231. The third-order valence-electron chi connectivity index (χ3n) is 2.29. The van der Waals surface area contributed by atoms with Gasteiger partial charge < -0.3 is 4.74 Å². The van der Waals surface area contributed by atoms with Crippen molar-refractivity contribution in [1.29, 1.82) is 0 Å². The molecule has 0 amide bonds. The summed E-state index contributed by atoms with van der Waals surface area (Å²) in [4.78, 5) is 15.9. The molecule has 2 aromatic rings. The van der Waals surface area contributed by atoms with Crippen molar-refractivity contribution in [3.8, 4) is 10.6 Å². The highest BCUT2D eigenvalue weighted by atomic mass is 79.9. The lowest BCUT2D eigenvalue weighted by Crippen LogP contribution is -2.08. The number of hydrogen-bond acceptors (Lipinski definition) is 4. The smallest absolute Gasteiger partial charge is 0.311 e. The van der Waals surface area contributed by atoms with Gasteiger partial charge in [-0.05, 0) is 22.9 Å². The predicted molar refractivity (Wildman–Crippen MR) is 75.6 cm³/mol. The summed E-state index contributed by atoms with van der Waals surface area (Å²) in [5.41, 5.74) is 1.79. The molecule has 0 N–H and O–H groups in total. The Morgan fingerprint density at radius 1 is 1.39 bits per heavy atom. The number of benzene rings is 1. The van der Waals surface area contributed by atoms with Gasteiger partial charge in [-0.3, -0.25) is 4.79 Å². The molecule has 5 heteroatoms. The van der Waals surface area contributed by atoms with Crippen molar-refractivity contribution in [2.24, 2.45) is 0 Å². The van der Waals surface area contributed by atoms with E-state index in [0.717, 1.165) is 20.1 Å². The van der Waals surface area contributed by atoms with Gasteiger partial charge in [-0.1, -0.05) is 30.3 Å². The first-order valence-corrected chi connectivity index (χ1v) is 7.18. The van der Waals surface area contributed by atoms with Crippen molar-refractivity contribution < 1.29 is 9.53 Å². The first-order valence-electron chi connectivity index (χ1n) is 5.57. The second-order valence-electron chi connectivity index (χ2n) is 3.59. The maximum absolute atomic E-state index is 11.4. The Morgan fingerprint density at radius 3 is 2.78 bits per heavy atom. The summed E-state index contributed by atoms with van der Waals surface area (Å²) in [6.07, 6.45) is 0.206. The van der Waals surface area contributed by atoms with Crippen LogP contribution in [-0.4, -0.2) is 17.6 Å². The lowest BCUT2D eigenvalue weighted by molar-refractivity contribution is -0.142. The molecule has 1 heterocycles. The molecule has 0 radical (unpaired) electrons. The molecule has 94 valence electrons. The summed E-state index contributed by atoms with van der Waals surface area (Å²) in [6, 6.07) is 9.90. The van der Waals surface area contributed by atoms with Gasteiger partial charge in [0.1, 0.15) is 5.01 Å². The van der Waals surface area contributed by atoms with Gasteiger partial charge in [0.05, 0.1) is 22.5 Å². The maximum Gasteiger partial charge on any atom is 0.311 e. The molecule has 0 aliphatic heterocycles. The first kappa shape index (κ1) is 13.2. The van der Waals surface area contributed by atoms with E-state index in [2.05, 4.69) is 20.9 Å². The molecule has 0 unspecified atom stereocenters. The summed E-state index contributed by atoms with van der Waals surface area (Å²) in [5, 5.41) is 0.904. The Balaban J connectivity index is 2.20. The summed E-state index contributed by atoms with van der Waals surface area (Å²) in [6.45, 7) is 2.19. The zero-order chi connectivity index (χ0) is 13.0. The average molecular weight is 326 g/mol. The van der Waals surface area contributed by atoms with Crippen LogP contribution in [0.1, 0.15) is 12.6 Å². The lowest BCUT2D eigenvalue weighted by atomic mass is 10.2. The minimum atomic E-state index is -0.247. The molecule has 0 atom stereocenters. The van der Waals surface area contributed by atoms with Crippen LogP contribution < -0.4 is 0 Å². The summed E-state index contributed by atoms with van der Waals surface area (Å²) >= 11 is 4.97. The van der Waals surface area contributed by atoms with E-state index in [4.69, 9.17) is 4.74 Å². The van der Waals surface area contributed by atoms with Crippen LogP contribution >= 0.6 is 27.3 Å². The average Bonchev–Trinajstić information content (AvgIpc) is 2.72. The van der Waals surface area contributed by atoms with Crippen molar-refractivity contribution >= 4 is 33.2 Å². The third kappa shape index (κ3) is 3.17. The number of rotatable bonds is 4. The van der Waals surface area contributed by atoms with Gasteiger partial charge in [0.2, 0.25) is 0 Å². The fourth-order valence-corrected chi connectivity index (χ4v) is 3.00. The highest BCUT2D eigenvalue weighted by Gasteiger charge is 2.14. The monoisotopic (exact) mass is 325 g/mol. The molecular weight excluding hydrogens is 314 g/mol. The Kier molecular flexibility index (Phi) is 4.49. The maximum atomic E-state index is 11.4. The van der Waals surface area contributed by atoms with E-state index in [0.29, 0.717) is 6.61 Å². The molecule has 2 rings (SSSR count). The van der Waals surface area contributed by atoms with Gasteiger partial charge in [0, 0.05) is 5.56 Å². The predicted octanol–water partition coefficient (Wildman–Crippen LogP) is 3.68. The van der Waals surface area contributed by atoms with Crippen LogP contribution in [0.2, 0.25) is 0 Å². The van der Waals surface area contributed by atoms with Gasteiger partial charge in [-0.2, -0.15) is 0 Å². The standard InChI is InChI=1S/C13H12BrNO2S/c1-2-17-11(16)8-10-12(14)18-13(15-10)9-6-4-3-5-7-9/h3-7H,2,8H2,1H3. The second-order valence-corrected chi connectivity index (χ2v) is 5.90. The van der Waals surface area contributed by atoms with Gasteiger partial charge >= 0.3 is 5.97 Å². The summed E-state index contributed by atoms with van der Waals surface area (Å²) in [5.74, 6) is -0.247. The Morgan fingerprint density at radius 2 is 2.11 bits per heavy atom. The van der Waals surface area contributed by atoms with Gasteiger partial charge in [0.15, 0.2) is 0 Å². The van der Waals surface area contributed by atoms with Crippen LogP contribution in [0.3, 0.4) is 0 Å². The van der Waals surface area contributed by atoms with Gasteiger partial charge in [-0.25, -0.2) is 4.98 Å². The molecule has 0 aliphatic carbocycles. The normalized spacial score (nSPS) is 10.3. The Bertz CT molecular complexity index is 539. The van der Waals surface area contributed by atoms with Gasteiger partial charge in [0.25, 0.3) is 0 Å². The third-order valence-corrected chi connectivity index (χ3v) is 4.17. The molecule has 0 saturated carbocycles. The van der Waals surface area contributed by atoms with E-state index in [-0.39, 0.29) is 12.4 Å². The second kappa shape index (κ2) is 6.11. The quantitative estimate of drug-likeness (QED) is 0.805. The molecule has 0 saturated heterocycles. The minimum Gasteiger partial charge on any atom is -0.466 e. The SMILES string of the molecule is CCOC(=O)Cc1nc(-c2ccccc2)sc1Br. The van der Waals surface area contributed by atoms with Crippen molar-refractivity contribution in [3.05, 3.63) is 39.8 Å². The van der Waals surface area contributed by atoms with E-state index in [9.17, 15) is 4.79 Å². The van der Waals surface area contributed by atoms with E-state index in [1.807, 2.05) is 30.3 Å².